The van der Waals surface area contributed by atoms with Crippen molar-refractivity contribution < 1.29 is 0 Å². The van der Waals surface area contributed by atoms with Gasteiger partial charge in [-0.3, -0.25) is 0 Å². The molecular formula is C50H29N5. The van der Waals surface area contributed by atoms with Gasteiger partial charge < -0.3 is 13.7 Å². The molecule has 0 radical (unpaired) electrons. The van der Waals surface area contributed by atoms with Crippen molar-refractivity contribution in [1.82, 2.24) is 13.7 Å². The molecule has 5 heteroatoms. The Morgan fingerprint density at radius 2 is 0.873 bits per heavy atom. The van der Waals surface area contributed by atoms with Crippen LogP contribution in [0.25, 0.3) is 93.6 Å². The fraction of sp³-hybridized carbons (Fsp3) is 0. The van der Waals surface area contributed by atoms with Crippen LogP contribution < -0.4 is 0 Å². The topological polar surface area (TPSA) is 62.4 Å². The van der Waals surface area contributed by atoms with Crippen LogP contribution in [0.15, 0.2) is 176 Å². The molecule has 0 aliphatic heterocycles. The first-order valence-electron chi connectivity index (χ1n) is 18.3. The first kappa shape index (κ1) is 30.7. The SMILES string of the molecule is N#Cc1c(-c2ccc(-n3c4ccccc4c4cc(-n5c6ccccc6c6ccccc65)ccc43)cc2)cccc1-n1c2ccccc2c2c(C#N)cccc21. The predicted molar refractivity (Wildman–Crippen MR) is 224 cm³/mol. The van der Waals surface area contributed by atoms with Crippen molar-refractivity contribution in [3.8, 4) is 40.3 Å². The predicted octanol–water partition coefficient (Wildman–Crippen LogP) is 12.4. The number of rotatable bonds is 4. The lowest BCUT2D eigenvalue weighted by atomic mass is 9.98. The van der Waals surface area contributed by atoms with Crippen LogP contribution in [-0.4, -0.2) is 13.7 Å². The molecule has 0 spiro atoms. The zero-order valence-electron chi connectivity index (χ0n) is 29.5. The Bertz CT molecular complexity index is 3400. The number of aromatic nitrogens is 3. The lowest BCUT2D eigenvalue weighted by Gasteiger charge is -2.14. The van der Waals surface area contributed by atoms with Gasteiger partial charge in [0.15, 0.2) is 0 Å². The lowest BCUT2D eigenvalue weighted by molar-refractivity contribution is 1.16. The summed E-state index contributed by atoms with van der Waals surface area (Å²) in [5.74, 6) is 0. The number of hydrogen-bond donors (Lipinski definition) is 0. The maximum Gasteiger partial charge on any atom is 0.102 e. The standard InChI is InChI=1S/C50H29N5/c51-30-33-11-9-22-49-50(33)40-15-4-8-20-46(40)55(49)47-21-10-16-36(42(47)31-52)32-23-25-34(26-24-32)53-45-19-7-3-14-39(45)41-29-35(27-28-48(41)53)54-43-17-5-1-12-37(43)38-13-2-6-18-44(38)54/h1-29H. The van der Waals surface area contributed by atoms with Crippen LogP contribution >= 0.6 is 0 Å². The number of nitrogens with zero attached hydrogens (tertiary/aromatic N) is 5. The molecule has 5 nitrogen and oxygen atoms in total. The van der Waals surface area contributed by atoms with E-state index in [0.29, 0.717) is 11.1 Å². The Morgan fingerprint density at radius 3 is 1.51 bits per heavy atom. The molecule has 3 heterocycles. The van der Waals surface area contributed by atoms with Gasteiger partial charge in [0.25, 0.3) is 0 Å². The minimum Gasteiger partial charge on any atom is -0.309 e. The third kappa shape index (κ3) is 4.39. The summed E-state index contributed by atoms with van der Waals surface area (Å²) in [6, 6.07) is 65.9. The molecule has 0 aliphatic carbocycles. The second kappa shape index (κ2) is 11.8. The molecule has 0 saturated carbocycles. The zero-order valence-corrected chi connectivity index (χ0v) is 29.5. The number of nitriles is 2. The minimum atomic E-state index is 0.578. The maximum absolute atomic E-state index is 10.7. The van der Waals surface area contributed by atoms with Crippen LogP contribution in [0.4, 0.5) is 0 Å². The van der Waals surface area contributed by atoms with Gasteiger partial charge in [0.05, 0.1) is 56.0 Å². The van der Waals surface area contributed by atoms with E-state index in [2.05, 4.69) is 147 Å². The van der Waals surface area contributed by atoms with Gasteiger partial charge in [-0.15, -0.1) is 0 Å². The monoisotopic (exact) mass is 699 g/mol. The highest BCUT2D eigenvalue weighted by atomic mass is 15.0. The number of para-hydroxylation sites is 4. The van der Waals surface area contributed by atoms with E-state index < -0.39 is 0 Å². The number of hydrogen-bond acceptors (Lipinski definition) is 2. The van der Waals surface area contributed by atoms with E-state index in [-0.39, 0.29) is 0 Å². The first-order chi connectivity index (χ1) is 27.2. The van der Waals surface area contributed by atoms with Crippen molar-refractivity contribution in [2.45, 2.75) is 0 Å². The molecule has 0 bridgehead atoms. The molecule has 0 fully saturated rings. The van der Waals surface area contributed by atoms with Gasteiger partial charge in [0.1, 0.15) is 6.07 Å². The highest BCUT2D eigenvalue weighted by Gasteiger charge is 2.20. The highest BCUT2D eigenvalue weighted by molar-refractivity contribution is 6.13. The average Bonchev–Trinajstić information content (AvgIpc) is 3.89. The summed E-state index contributed by atoms with van der Waals surface area (Å²) in [7, 11) is 0. The summed E-state index contributed by atoms with van der Waals surface area (Å²) in [4.78, 5) is 0. The van der Waals surface area contributed by atoms with Crippen LogP contribution in [0.2, 0.25) is 0 Å². The number of benzene rings is 8. The van der Waals surface area contributed by atoms with E-state index in [9.17, 15) is 10.5 Å². The smallest absolute Gasteiger partial charge is 0.102 e. The molecule has 0 amide bonds. The molecule has 0 atom stereocenters. The summed E-state index contributed by atoms with van der Waals surface area (Å²) in [5, 5.41) is 27.5. The molecule has 0 saturated heterocycles. The molecule has 254 valence electrons. The van der Waals surface area contributed by atoms with Gasteiger partial charge in [0.2, 0.25) is 0 Å². The van der Waals surface area contributed by atoms with Crippen LogP contribution in [0.3, 0.4) is 0 Å². The molecule has 0 aliphatic rings. The van der Waals surface area contributed by atoms with Crippen molar-refractivity contribution >= 4 is 65.4 Å². The fourth-order valence-corrected chi connectivity index (χ4v) is 8.83. The van der Waals surface area contributed by atoms with Gasteiger partial charge in [-0.25, -0.2) is 0 Å². The van der Waals surface area contributed by atoms with Gasteiger partial charge in [-0.1, -0.05) is 103 Å². The van der Waals surface area contributed by atoms with Gasteiger partial charge in [-0.05, 0) is 78.4 Å². The van der Waals surface area contributed by atoms with Gasteiger partial charge in [0, 0.05) is 49.3 Å². The second-order valence-electron chi connectivity index (χ2n) is 13.9. The van der Waals surface area contributed by atoms with Crippen molar-refractivity contribution in [2.24, 2.45) is 0 Å². The summed E-state index contributed by atoms with van der Waals surface area (Å²) in [6.07, 6.45) is 0. The van der Waals surface area contributed by atoms with Crippen LogP contribution in [0.5, 0.6) is 0 Å². The van der Waals surface area contributed by atoms with Crippen LogP contribution in [-0.2, 0) is 0 Å². The van der Waals surface area contributed by atoms with Crippen molar-refractivity contribution in [1.29, 1.82) is 10.5 Å². The van der Waals surface area contributed by atoms with E-state index in [1.54, 1.807) is 0 Å². The first-order valence-corrected chi connectivity index (χ1v) is 18.3. The molecule has 55 heavy (non-hydrogen) atoms. The van der Waals surface area contributed by atoms with Crippen molar-refractivity contribution in [3.05, 3.63) is 187 Å². The maximum atomic E-state index is 10.7. The molecule has 3 aromatic heterocycles. The normalized spacial score (nSPS) is 11.6. The van der Waals surface area contributed by atoms with E-state index in [0.717, 1.165) is 61.0 Å². The Balaban J connectivity index is 1.05. The zero-order chi connectivity index (χ0) is 36.6. The third-order valence-electron chi connectivity index (χ3n) is 11.1. The molecular weight excluding hydrogens is 671 g/mol. The van der Waals surface area contributed by atoms with E-state index in [1.807, 2.05) is 54.6 Å². The fourth-order valence-electron chi connectivity index (χ4n) is 8.83. The number of fused-ring (bicyclic) bond motifs is 9. The Hall–Kier alpha value is -7.86. The molecule has 8 aromatic carbocycles. The second-order valence-corrected chi connectivity index (χ2v) is 13.9. The Kier molecular flexibility index (Phi) is 6.61. The van der Waals surface area contributed by atoms with E-state index in [1.165, 1.54) is 32.6 Å². The van der Waals surface area contributed by atoms with E-state index in [4.69, 9.17) is 0 Å². The van der Waals surface area contributed by atoms with E-state index >= 15 is 0 Å². The summed E-state index contributed by atoms with van der Waals surface area (Å²) < 4.78 is 6.82. The van der Waals surface area contributed by atoms with Gasteiger partial charge >= 0.3 is 0 Å². The van der Waals surface area contributed by atoms with Gasteiger partial charge in [-0.2, -0.15) is 10.5 Å². The summed E-state index contributed by atoms with van der Waals surface area (Å²) in [5.41, 5.74) is 12.4. The van der Waals surface area contributed by atoms with Crippen molar-refractivity contribution in [3.63, 3.8) is 0 Å². The highest BCUT2D eigenvalue weighted by Crippen LogP contribution is 2.39. The average molecular weight is 700 g/mol. The molecule has 0 unspecified atom stereocenters. The summed E-state index contributed by atoms with van der Waals surface area (Å²) in [6.45, 7) is 0. The molecule has 11 rings (SSSR count). The third-order valence-corrected chi connectivity index (χ3v) is 11.1. The van der Waals surface area contributed by atoms with Crippen LogP contribution in [0.1, 0.15) is 11.1 Å². The van der Waals surface area contributed by atoms with Crippen LogP contribution in [0, 0.1) is 22.7 Å². The lowest BCUT2D eigenvalue weighted by Crippen LogP contribution is -2.00. The Labute approximate surface area is 316 Å². The Morgan fingerprint density at radius 1 is 0.364 bits per heavy atom. The van der Waals surface area contributed by atoms with Crippen molar-refractivity contribution in [2.75, 3.05) is 0 Å². The molecule has 0 N–H and O–H groups in total. The minimum absolute atomic E-state index is 0.578. The quantitative estimate of drug-likeness (QED) is 0.184. The largest absolute Gasteiger partial charge is 0.309 e. The molecule has 11 aromatic rings. The summed E-state index contributed by atoms with van der Waals surface area (Å²) >= 11 is 0.